The van der Waals surface area contributed by atoms with Crippen LogP contribution in [0.5, 0.6) is 0 Å². The van der Waals surface area contributed by atoms with Gasteiger partial charge in [0.1, 0.15) is 4.83 Å². The highest BCUT2D eigenvalue weighted by Crippen LogP contribution is 2.29. The number of fused-ring (bicyclic) bond motifs is 1. The maximum absolute atomic E-state index is 12.1. The van der Waals surface area contributed by atoms with Gasteiger partial charge in [-0.1, -0.05) is 6.92 Å². The van der Waals surface area contributed by atoms with E-state index in [1.165, 1.54) is 11.3 Å². The standard InChI is InChI=1S/C15H20N4O2S/c1-3-4-13(20)16-8-11-10-7-12(14(21)17-9-5-6-9)22-15(10)19(2)18-11/h7,9H,3-6,8H2,1-2H3,(H,16,20)(H,17,21). The number of hydrogen-bond acceptors (Lipinski definition) is 4. The molecular weight excluding hydrogens is 300 g/mol. The molecule has 0 aliphatic heterocycles. The van der Waals surface area contributed by atoms with Gasteiger partial charge in [-0.05, 0) is 25.3 Å². The highest BCUT2D eigenvalue weighted by molar-refractivity contribution is 7.20. The summed E-state index contributed by atoms with van der Waals surface area (Å²) in [6, 6.07) is 2.23. The zero-order valence-corrected chi connectivity index (χ0v) is 13.6. The second kappa shape index (κ2) is 6.08. The molecule has 0 spiro atoms. The average Bonchev–Trinajstić information content (AvgIpc) is 3.09. The lowest BCUT2D eigenvalue weighted by molar-refractivity contribution is -0.121. The minimum Gasteiger partial charge on any atom is -0.350 e. The van der Waals surface area contributed by atoms with Gasteiger partial charge in [-0.25, -0.2) is 0 Å². The molecule has 0 radical (unpaired) electrons. The zero-order chi connectivity index (χ0) is 15.7. The second-order valence-corrected chi connectivity index (χ2v) is 6.70. The summed E-state index contributed by atoms with van der Waals surface area (Å²) >= 11 is 1.44. The number of carbonyl (C=O) groups excluding carboxylic acids is 2. The van der Waals surface area contributed by atoms with E-state index in [1.54, 1.807) is 4.68 Å². The van der Waals surface area contributed by atoms with Gasteiger partial charge in [-0.2, -0.15) is 5.10 Å². The van der Waals surface area contributed by atoms with Gasteiger partial charge in [0, 0.05) is 24.9 Å². The van der Waals surface area contributed by atoms with Crippen LogP contribution in [-0.4, -0.2) is 27.6 Å². The van der Waals surface area contributed by atoms with Crippen LogP contribution >= 0.6 is 11.3 Å². The topological polar surface area (TPSA) is 76.0 Å². The van der Waals surface area contributed by atoms with Crippen LogP contribution in [0.4, 0.5) is 0 Å². The van der Waals surface area contributed by atoms with Crippen molar-refractivity contribution in [3.05, 3.63) is 16.6 Å². The molecule has 2 heterocycles. The van der Waals surface area contributed by atoms with E-state index in [2.05, 4.69) is 15.7 Å². The van der Waals surface area contributed by atoms with Crippen LogP contribution in [0.25, 0.3) is 10.2 Å². The first-order valence-electron chi connectivity index (χ1n) is 7.61. The molecule has 0 atom stereocenters. The van der Waals surface area contributed by atoms with E-state index in [0.29, 0.717) is 23.9 Å². The van der Waals surface area contributed by atoms with Gasteiger partial charge < -0.3 is 10.6 Å². The van der Waals surface area contributed by atoms with Crippen LogP contribution in [0.15, 0.2) is 6.07 Å². The molecule has 0 saturated heterocycles. The fourth-order valence-electron chi connectivity index (χ4n) is 2.33. The summed E-state index contributed by atoms with van der Waals surface area (Å²) in [6.07, 6.45) is 3.50. The second-order valence-electron chi connectivity index (χ2n) is 5.67. The molecule has 1 aliphatic carbocycles. The van der Waals surface area contributed by atoms with Crippen LogP contribution in [0.2, 0.25) is 0 Å². The molecule has 2 N–H and O–H groups in total. The molecule has 2 aromatic heterocycles. The van der Waals surface area contributed by atoms with Crippen LogP contribution < -0.4 is 10.6 Å². The lowest BCUT2D eigenvalue weighted by Gasteiger charge is -2.02. The number of amides is 2. The Morgan fingerprint density at radius 2 is 2.23 bits per heavy atom. The van der Waals surface area contributed by atoms with Gasteiger partial charge in [-0.3, -0.25) is 14.3 Å². The molecule has 22 heavy (non-hydrogen) atoms. The zero-order valence-electron chi connectivity index (χ0n) is 12.8. The van der Waals surface area contributed by atoms with Crippen molar-refractivity contribution in [2.45, 2.75) is 45.2 Å². The third kappa shape index (κ3) is 3.14. The summed E-state index contributed by atoms with van der Waals surface area (Å²) in [5, 5.41) is 11.3. The first kappa shape index (κ1) is 15.0. The highest BCUT2D eigenvalue weighted by atomic mass is 32.1. The van der Waals surface area contributed by atoms with Gasteiger partial charge in [0.25, 0.3) is 5.91 Å². The lowest BCUT2D eigenvalue weighted by Crippen LogP contribution is -2.24. The maximum atomic E-state index is 12.1. The largest absolute Gasteiger partial charge is 0.350 e. The molecule has 1 saturated carbocycles. The molecule has 2 aromatic rings. The van der Waals surface area contributed by atoms with Gasteiger partial charge in [0.05, 0.1) is 17.1 Å². The number of thiophene rings is 1. The van der Waals surface area contributed by atoms with E-state index >= 15 is 0 Å². The van der Waals surface area contributed by atoms with Crippen LogP contribution in [0.3, 0.4) is 0 Å². The molecular formula is C15H20N4O2S. The smallest absolute Gasteiger partial charge is 0.261 e. The summed E-state index contributed by atoms with van der Waals surface area (Å²) in [5.41, 5.74) is 0.809. The van der Waals surface area contributed by atoms with Crippen molar-refractivity contribution in [3.8, 4) is 0 Å². The van der Waals surface area contributed by atoms with Crippen molar-refractivity contribution < 1.29 is 9.59 Å². The molecule has 0 unspecified atom stereocenters. The number of aryl methyl sites for hydroxylation is 1. The van der Waals surface area contributed by atoms with E-state index in [9.17, 15) is 9.59 Å². The fourth-order valence-corrected chi connectivity index (χ4v) is 3.33. The van der Waals surface area contributed by atoms with Crippen LogP contribution in [0, 0.1) is 0 Å². The molecule has 0 bridgehead atoms. The molecule has 3 rings (SSSR count). The Kier molecular flexibility index (Phi) is 4.15. The number of aromatic nitrogens is 2. The Hall–Kier alpha value is -1.89. The molecule has 1 aliphatic rings. The van der Waals surface area contributed by atoms with Crippen molar-refractivity contribution >= 4 is 33.4 Å². The third-order valence-corrected chi connectivity index (χ3v) is 4.86. The Labute approximate surface area is 132 Å². The van der Waals surface area contributed by atoms with Crippen molar-refractivity contribution in [2.75, 3.05) is 0 Å². The summed E-state index contributed by atoms with van der Waals surface area (Å²) in [5.74, 6) is 0.0212. The number of carbonyl (C=O) groups is 2. The Morgan fingerprint density at radius 1 is 1.45 bits per heavy atom. The normalized spacial score (nSPS) is 14.3. The monoisotopic (exact) mass is 320 g/mol. The van der Waals surface area contributed by atoms with Crippen molar-refractivity contribution in [1.29, 1.82) is 0 Å². The Bertz CT molecular complexity index is 715. The predicted molar refractivity (Wildman–Crippen MR) is 85.8 cm³/mol. The van der Waals surface area contributed by atoms with Gasteiger partial charge in [-0.15, -0.1) is 11.3 Å². The number of rotatable bonds is 6. The molecule has 7 heteroatoms. The average molecular weight is 320 g/mol. The summed E-state index contributed by atoms with van der Waals surface area (Å²) in [7, 11) is 1.86. The first-order chi connectivity index (χ1) is 10.6. The summed E-state index contributed by atoms with van der Waals surface area (Å²) in [4.78, 5) is 25.4. The minimum absolute atomic E-state index is 0.00957. The summed E-state index contributed by atoms with van der Waals surface area (Å²) in [6.45, 7) is 2.37. The van der Waals surface area contributed by atoms with Crippen molar-refractivity contribution in [3.63, 3.8) is 0 Å². The fraction of sp³-hybridized carbons (Fsp3) is 0.533. The van der Waals surface area contributed by atoms with E-state index in [1.807, 2.05) is 20.0 Å². The third-order valence-electron chi connectivity index (χ3n) is 3.65. The van der Waals surface area contributed by atoms with Crippen molar-refractivity contribution in [1.82, 2.24) is 20.4 Å². The van der Waals surface area contributed by atoms with E-state index in [4.69, 9.17) is 0 Å². The van der Waals surface area contributed by atoms with Gasteiger partial charge in [0.2, 0.25) is 5.91 Å². The number of nitrogens with one attached hydrogen (secondary N) is 2. The first-order valence-corrected chi connectivity index (χ1v) is 8.43. The Morgan fingerprint density at radius 3 is 2.91 bits per heavy atom. The van der Waals surface area contributed by atoms with Crippen molar-refractivity contribution in [2.24, 2.45) is 7.05 Å². The highest BCUT2D eigenvalue weighted by Gasteiger charge is 2.25. The summed E-state index contributed by atoms with van der Waals surface area (Å²) < 4.78 is 1.77. The quantitative estimate of drug-likeness (QED) is 0.854. The molecule has 2 amide bonds. The van der Waals surface area contributed by atoms with E-state index in [-0.39, 0.29) is 11.8 Å². The lowest BCUT2D eigenvalue weighted by atomic mass is 10.2. The van der Waals surface area contributed by atoms with Gasteiger partial charge >= 0.3 is 0 Å². The number of nitrogens with zero attached hydrogens (tertiary/aromatic N) is 2. The molecule has 1 fully saturated rings. The minimum atomic E-state index is -0.00957. The van der Waals surface area contributed by atoms with Crippen LogP contribution in [-0.2, 0) is 18.4 Å². The van der Waals surface area contributed by atoms with Crippen LogP contribution in [0.1, 0.15) is 48.0 Å². The SMILES string of the molecule is CCCC(=O)NCc1nn(C)c2sc(C(=O)NC3CC3)cc12. The molecule has 0 aromatic carbocycles. The number of hydrogen-bond donors (Lipinski definition) is 2. The Balaban J connectivity index is 1.77. The molecule has 118 valence electrons. The van der Waals surface area contributed by atoms with E-state index < -0.39 is 0 Å². The van der Waals surface area contributed by atoms with E-state index in [0.717, 1.165) is 35.2 Å². The van der Waals surface area contributed by atoms with Gasteiger partial charge in [0.15, 0.2) is 0 Å². The maximum Gasteiger partial charge on any atom is 0.261 e. The molecule has 6 nitrogen and oxygen atoms in total. The predicted octanol–water partition coefficient (Wildman–Crippen LogP) is 1.94.